The fourth-order valence-electron chi connectivity index (χ4n) is 2.92. The molecule has 1 saturated heterocycles. The Morgan fingerprint density at radius 3 is 2.56 bits per heavy atom. The number of Topliss-reactive ketones (excluding diaryl/α,β-unsaturated/α-hetero) is 1. The third kappa shape index (κ3) is 3.29. The number of rotatable bonds is 5. The van der Waals surface area contributed by atoms with Gasteiger partial charge in [0, 0.05) is 24.2 Å². The van der Waals surface area contributed by atoms with Crippen LogP contribution >= 0.6 is 0 Å². The van der Waals surface area contributed by atoms with E-state index in [0.29, 0.717) is 17.3 Å². The fraction of sp³-hybridized carbons (Fsp3) is 0.211. The average Bonchev–Trinajstić information content (AvgIpc) is 3.10. The van der Waals surface area contributed by atoms with Crippen molar-refractivity contribution in [3.8, 4) is 11.4 Å². The Bertz CT molecular complexity index is 1090. The van der Waals surface area contributed by atoms with Gasteiger partial charge in [-0.2, -0.15) is 9.29 Å². The number of benzene rings is 2. The van der Waals surface area contributed by atoms with Gasteiger partial charge in [-0.05, 0) is 19.1 Å². The molecule has 1 aliphatic heterocycles. The molecule has 3 aromatic rings. The SMILES string of the molecule is CC(=O)c1cccc(S(=O)(=O)N2CC(c3nc(-c4ccccc4)no3)C2)c1. The molecule has 0 spiro atoms. The van der Waals surface area contributed by atoms with Crippen molar-refractivity contribution in [2.24, 2.45) is 0 Å². The Kier molecular flexibility index (Phi) is 4.37. The van der Waals surface area contributed by atoms with Gasteiger partial charge in [0.25, 0.3) is 0 Å². The van der Waals surface area contributed by atoms with Crippen LogP contribution in [0.2, 0.25) is 0 Å². The van der Waals surface area contributed by atoms with Gasteiger partial charge < -0.3 is 4.52 Å². The van der Waals surface area contributed by atoms with Crippen molar-refractivity contribution >= 4 is 15.8 Å². The molecule has 0 bridgehead atoms. The number of aromatic nitrogens is 2. The van der Waals surface area contributed by atoms with Crippen molar-refractivity contribution in [3.05, 3.63) is 66.1 Å². The van der Waals surface area contributed by atoms with Crippen LogP contribution in [0.4, 0.5) is 0 Å². The van der Waals surface area contributed by atoms with Crippen molar-refractivity contribution in [1.82, 2.24) is 14.4 Å². The number of hydrogen-bond acceptors (Lipinski definition) is 6. The number of hydrogen-bond donors (Lipinski definition) is 0. The molecular weight excluding hydrogens is 366 g/mol. The molecule has 2 aromatic carbocycles. The van der Waals surface area contributed by atoms with Gasteiger partial charge in [-0.15, -0.1) is 0 Å². The maximum atomic E-state index is 12.7. The van der Waals surface area contributed by atoms with Gasteiger partial charge in [0.1, 0.15) is 0 Å². The molecule has 4 rings (SSSR count). The maximum Gasteiger partial charge on any atom is 0.243 e. The van der Waals surface area contributed by atoms with Crippen molar-refractivity contribution < 1.29 is 17.7 Å². The van der Waals surface area contributed by atoms with Gasteiger partial charge in [-0.1, -0.05) is 47.6 Å². The molecule has 8 heteroatoms. The van der Waals surface area contributed by atoms with Crippen LogP contribution in [0.1, 0.15) is 29.1 Å². The van der Waals surface area contributed by atoms with E-state index >= 15 is 0 Å². The molecule has 0 saturated carbocycles. The summed E-state index contributed by atoms with van der Waals surface area (Å²) in [5.41, 5.74) is 1.22. The molecule has 0 unspecified atom stereocenters. The van der Waals surface area contributed by atoms with Crippen molar-refractivity contribution in [3.63, 3.8) is 0 Å². The molecular formula is C19H17N3O4S. The van der Waals surface area contributed by atoms with Gasteiger partial charge in [0.2, 0.25) is 21.7 Å². The summed E-state index contributed by atoms with van der Waals surface area (Å²) >= 11 is 0. The maximum absolute atomic E-state index is 12.7. The molecule has 2 heterocycles. The number of carbonyl (C=O) groups excluding carboxylic acids is 1. The molecule has 1 aliphatic rings. The monoisotopic (exact) mass is 383 g/mol. The van der Waals surface area contributed by atoms with Crippen LogP contribution in [0.25, 0.3) is 11.4 Å². The predicted molar refractivity (Wildman–Crippen MR) is 97.7 cm³/mol. The number of sulfonamides is 1. The molecule has 0 N–H and O–H groups in total. The zero-order valence-corrected chi connectivity index (χ0v) is 15.4. The van der Waals surface area contributed by atoms with Crippen LogP contribution in [0, 0.1) is 0 Å². The van der Waals surface area contributed by atoms with E-state index in [0.717, 1.165) is 5.56 Å². The van der Waals surface area contributed by atoms with Gasteiger partial charge in [0.15, 0.2) is 5.78 Å². The third-order valence-corrected chi connectivity index (χ3v) is 6.38. The minimum Gasteiger partial charge on any atom is -0.339 e. The predicted octanol–water partition coefficient (Wildman–Crippen LogP) is 2.73. The van der Waals surface area contributed by atoms with E-state index in [1.165, 1.54) is 23.4 Å². The van der Waals surface area contributed by atoms with Crippen LogP contribution in [-0.4, -0.2) is 41.7 Å². The lowest BCUT2D eigenvalue weighted by Crippen LogP contribution is -2.48. The topological polar surface area (TPSA) is 93.4 Å². The van der Waals surface area contributed by atoms with Crippen LogP contribution in [0.5, 0.6) is 0 Å². The summed E-state index contributed by atoms with van der Waals surface area (Å²) in [4.78, 5) is 16.0. The minimum atomic E-state index is -3.65. The second kappa shape index (κ2) is 6.71. The lowest BCUT2D eigenvalue weighted by molar-refractivity contribution is 0.101. The quantitative estimate of drug-likeness (QED) is 0.629. The first-order valence-corrected chi connectivity index (χ1v) is 9.89. The first-order chi connectivity index (χ1) is 12.9. The van der Waals surface area contributed by atoms with Crippen molar-refractivity contribution in [1.29, 1.82) is 0 Å². The normalized spacial score (nSPS) is 15.4. The Balaban J connectivity index is 1.48. The average molecular weight is 383 g/mol. The summed E-state index contributed by atoms with van der Waals surface area (Å²) in [5, 5.41) is 3.97. The van der Waals surface area contributed by atoms with Crippen LogP contribution < -0.4 is 0 Å². The molecule has 27 heavy (non-hydrogen) atoms. The molecule has 7 nitrogen and oxygen atoms in total. The van der Waals surface area contributed by atoms with Gasteiger partial charge in [-0.3, -0.25) is 4.79 Å². The number of carbonyl (C=O) groups is 1. The van der Waals surface area contributed by atoms with Crippen LogP contribution in [-0.2, 0) is 10.0 Å². The Labute approximate surface area is 156 Å². The van der Waals surface area contributed by atoms with E-state index in [1.807, 2.05) is 30.3 Å². The van der Waals surface area contributed by atoms with Gasteiger partial charge in [0.05, 0.1) is 10.8 Å². The molecule has 0 aliphatic carbocycles. The molecule has 0 radical (unpaired) electrons. The van der Waals surface area contributed by atoms with Crippen molar-refractivity contribution in [2.45, 2.75) is 17.7 Å². The van der Waals surface area contributed by atoms with E-state index in [4.69, 9.17) is 4.52 Å². The lowest BCUT2D eigenvalue weighted by atomic mass is 10.0. The second-order valence-corrected chi connectivity index (χ2v) is 8.36. The summed E-state index contributed by atoms with van der Waals surface area (Å²) in [6, 6.07) is 15.5. The summed E-state index contributed by atoms with van der Waals surface area (Å²) in [6.07, 6.45) is 0. The van der Waals surface area contributed by atoms with E-state index in [1.54, 1.807) is 12.1 Å². The highest BCUT2D eigenvalue weighted by Gasteiger charge is 2.40. The lowest BCUT2D eigenvalue weighted by Gasteiger charge is -2.35. The van der Waals surface area contributed by atoms with E-state index in [9.17, 15) is 13.2 Å². The number of ketones is 1. The zero-order chi connectivity index (χ0) is 19.0. The Morgan fingerprint density at radius 2 is 1.85 bits per heavy atom. The fourth-order valence-corrected chi connectivity index (χ4v) is 4.50. The van der Waals surface area contributed by atoms with Crippen molar-refractivity contribution in [2.75, 3.05) is 13.1 Å². The molecule has 0 amide bonds. The third-order valence-electron chi connectivity index (χ3n) is 4.55. The standard InChI is InChI=1S/C19H17N3O4S/c1-13(23)15-8-5-9-17(10-15)27(24,25)22-11-16(12-22)19-20-18(21-26-19)14-6-3-2-4-7-14/h2-10,16H,11-12H2,1H3. The molecule has 138 valence electrons. The van der Waals surface area contributed by atoms with Crippen LogP contribution in [0.3, 0.4) is 0 Å². The Hall–Kier alpha value is -2.84. The molecule has 1 fully saturated rings. The van der Waals surface area contributed by atoms with E-state index in [-0.39, 0.29) is 29.7 Å². The largest absolute Gasteiger partial charge is 0.339 e. The van der Waals surface area contributed by atoms with Gasteiger partial charge >= 0.3 is 0 Å². The van der Waals surface area contributed by atoms with E-state index in [2.05, 4.69) is 10.1 Å². The Morgan fingerprint density at radius 1 is 1.11 bits per heavy atom. The van der Waals surface area contributed by atoms with Gasteiger partial charge in [-0.25, -0.2) is 8.42 Å². The zero-order valence-electron chi connectivity index (χ0n) is 14.6. The number of nitrogens with zero attached hydrogens (tertiary/aromatic N) is 3. The van der Waals surface area contributed by atoms with E-state index < -0.39 is 10.0 Å². The first kappa shape index (κ1) is 17.6. The summed E-state index contributed by atoms with van der Waals surface area (Å²) in [6.45, 7) is 1.94. The summed E-state index contributed by atoms with van der Waals surface area (Å²) < 4.78 is 32.1. The first-order valence-electron chi connectivity index (χ1n) is 8.45. The smallest absolute Gasteiger partial charge is 0.243 e. The summed E-state index contributed by atoms with van der Waals surface area (Å²) in [5.74, 6) is 0.604. The highest BCUT2D eigenvalue weighted by molar-refractivity contribution is 7.89. The molecule has 1 aromatic heterocycles. The van der Waals surface area contributed by atoms with Crippen LogP contribution in [0.15, 0.2) is 64.0 Å². The highest BCUT2D eigenvalue weighted by atomic mass is 32.2. The minimum absolute atomic E-state index is 0.115. The molecule has 0 atom stereocenters. The summed E-state index contributed by atoms with van der Waals surface area (Å²) in [7, 11) is -3.65. The highest BCUT2D eigenvalue weighted by Crippen LogP contribution is 2.32. The second-order valence-electron chi connectivity index (χ2n) is 6.43.